The van der Waals surface area contributed by atoms with Crippen LogP contribution in [0.25, 0.3) is 0 Å². The van der Waals surface area contributed by atoms with Gasteiger partial charge in [-0.25, -0.2) is 0 Å². The summed E-state index contributed by atoms with van der Waals surface area (Å²) in [5.41, 5.74) is 4.19. The Morgan fingerprint density at radius 2 is 1.91 bits per heavy atom. The summed E-state index contributed by atoms with van der Waals surface area (Å²) in [5, 5.41) is -0.0670. The van der Waals surface area contributed by atoms with Gasteiger partial charge in [-0.15, -0.1) is 0 Å². The summed E-state index contributed by atoms with van der Waals surface area (Å²) < 4.78 is 0. The summed E-state index contributed by atoms with van der Waals surface area (Å²) in [6.45, 7) is 0. The molecule has 0 aliphatic carbocycles. The maximum atomic E-state index is 11.0. The molecule has 2 nitrogen and oxygen atoms in total. The molecule has 0 aliphatic heterocycles. The minimum atomic E-state index is -0.919. The number of hydrogen-bond acceptors (Lipinski definition) is 3. The third-order valence-corrected chi connectivity index (χ3v) is 5.40. The Kier molecular flexibility index (Phi) is 6.49. The van der Waals surface area contributed by atoms with Crippen LogP contribution in [0.15, 0.2) is 0 Å². The first-order valence-electron chi connectivity index (χ1n) is 3.12. The molecule has 0 aromatic carbocycles. The van der Waals surface area contributed by atoms with Crippen molar-refractivity contribution in [2.75, 3.05) is 0 Å². The number of thiol groups is 1. The number of rotatable bonds is 4. The molecule has 0 bridgehead atoms. The van der Waals surface area contributed by atoms with Gasteiger partial charge in [0.05, 0.1) is 0 Å². The van der Waals surface area contributed by atoms with Crippen LogP contribution in [0, 0.1) is 0 Å². The summed E-state index contributed by atoms with van der Waals surface area (Å²) >= 11 is 2.66. The van der Waals surface area contributed by atoms with Gasteiger partial charge in [-0.05, 0) is 0 Å². The second kappa shape index (κ2) is 6.15. The van der Waals surface area contributed by atoms with Gasteiger partial charge in [0.25, 0.3) is 0 Å². The zero-order valence-corrected chi connectivity index (χ0v) is 10.1. The van der Waals surface area contributed by atoms with E-state index in [-0.39, 0.29) is 16.7 Å². The summed E-state index contributed by atoms with van der Waals surface area (Å²) in [7, 11) is 1.42. The molecule has 0 N–H and O–H groups in total. The summed E-state index contributed by atoms with van der Waals surface area (Å²) in [6, 6.07) is 0. The van der Waals surface area contributed by atoms with Gasteiger partial charge >= 0.3 is 80.2 Å². The van der Waals surface area contributed by atoms with Crippen molar-refractivity contribution in [3.8, 4) is 0 Å². The van der Waals surface area contributed by atoms with Gasteiger partial charge in [-0.2, -0.15) is 0 Å². The molecule has 64 valence electrons. The number of hydrogen-bond donors (Lipinski definition) is 1. The van der Waals surface area contributed by atoms with Gasteiger partial charge in [0.2, 0.25) is 0 Å². The average molecular weight is 254 g/mol. The number of carbonyl (C=O) groups is 2. The fourth-order valence-electron chi connectivity index (χ4n) is 0.458. The zero-order chi connectivity index (χ0) is 8.85. The van der Waals surface area contributed by atoms with Gasteiger partial charge in [-0.3, -0.25) is 0 Å². The normalized spacial score (nSPS) is 10.2. The molecular formula is C6H11AsO2S2. The van der Waals surface area contributed by atoms with Gasteiger partial charge in [-0.1, -0.05) is 0 Å². The van der Waals surface area contributed by atoms with Crippen molar-refractivity contribution < 1.29 is 9.59 Å². The van der Waals surface area contributed by atoms with Crippen molar-refractivity contribution >= 4 is 46.4 Å². The van der Waals surface area contributed by atoms with Crippen molar-refractivity contribution in [2.45, 2.75) is 24.3 Å². The predicted octanol–water partition coefficient (Wildman–Crippen LogP) is 1.73. The third kappa shape index (κ3) is 8.51. The van der Waals surface area contributed by atoms with E-state index >= 15 is 0 Å². The summed E-state index contributed by atoms with van der Waals surface area (Å²) in [6.07, 6.45) is 0.622. The molecule has 0 unspecified atom stereocenters. The van der Waals surface area contributed by atoms with Crippen molar-refractivity contribution in [1.82, 2.24) is 0 Å². The standard InChI is InChI=1S/C6H11AsO2S2/c1-7(2)11-6(9)4-3-5(8)10/h3-4H2,1-2H3,(H,8,10). The fraction of sp³-hybridized carbons (Fsp3) is 0.667. The Bertz CT molecular complexity index is 159. The molecule has 0 aromatic rings. The molecule has 0 heterocycles. The van der Waals surface area contributed by atoms with Crippen LogP contribution >= 0.6 is 22.7 Å². The molecule has 0 saturated carbocycles. The Labute approximate surface area is 80.2 Å². The first kappa shape index (κ1) is 11.6. The van der Waals surface area contributed by atoms with Gasteiger partial charge < -0.3 is 0 Å². The zero-order valence-electron chi connectivity index (χ0n) is 6.53. The average Bonchev–Trinajstić information content (AvgIpc) is 1.82. The van der Waals surface area contributed by atoms with Crippen LogP contribution in [0.4, 0.5) is 0 Å². The van der Waals surface area contributed by atoms with Crippen LogP contribution in [0.3, 0.4) is 0 Å². The minimum absolute atomic E-state index is 0.136. The van der Waals surface area contributed by atoms with E-state index in [4.69, 9.17) is 0 Å². The molecule has 0 radical (unpaired) electrons. The van der Waals surface area contributed by atoms with Crippen LogP contribution in [0.5, 0.6) is 0 Å². The molecule has 5 heteroatoms. The molecule has 0 aromatic heterocycles. The van der Waals surface area contributed by atoms with Crippen molar-refractivity contribution in [2.24, 2.45) is 0 Å². The quantitative estimate of drug-likeness (QED) is 0.613. The summed E-state index contributed by atoms with van der Waals surface area (Å²) in [5.74, 6) is 0. The molecule has 11 heavy (non-hydrogen) atoms. The Morgan fingerprint density at radius 1 is 1.36 bits per heavy atom. The van der Waals surface area contributed by atoms with Gasteiger partial charge in [0.1, 0.15) is 0 Å². The SMILES string of the molecule is C[As](C)SC(=O)CCC(=O)S. The summed E-state index contributed by atoms with van der Waals surface area (Å²) in [4.78, 5) is 21.3. The van der Waals surface area contributed by atoms with Crippen molar-refractivity contribution in [3.63, 3.8) is 0 Å². The Hall–Kier alpha value is 0.598. The second-order valence-corrected chi connectivity index (χ2v) is 11.7. The number of carbonyl (C=O) groups excluding carboxylic acids is 2. The van der Waals surface area contributed by atoms with Gasteiger partial charge in [0, 0.05) is 0 Å². The predicted molar refractivity (Wildman–Crippen MR) is 53.3 cm³/mol. The molecular weight excluding hydrogens is 243 g/mol. The molecule has 0 saturated heterocycles. The molecule has 0 spiro atoms. The fourth-order valence-corrected chi connectivity index (χ4v) is 4.31. The molecule has 0 rings (SSSR count). The maximum absolute atomic E-state index is 11.0. The van der Waals surface area contributed by atoms with Crippen molar-refractivity contribution in [1.29, 1.82) is 0 Å². The van der Waals surface area contributed by atoms with E-state index in [2.05, 4.69) is 24.1 Å². The van der Waals surface area contributed by atoms with Crippen molar-refractivity contribution in [3.05, 3.63) is 0 Å². The first-order valence-corrected chi connectivity index (χ1v) is 10.4. The van der Waals surface area contributed by atoms with Gasteiger partial charge in [0.15, 0.2) is 0 Å². The molecule has 0 amide bonds. The van der Waals surface area contributed by atoms with Crippen LogP contribution in [0.1, 0.15) is 12.8 Å². The van der Waals surface area contributed by atoms with E-state index in [1.54, 1.807) is 0 Å². The first-order chi connectivity index (χ1) is 5.02. The van der Waals surface area contributed by atoms with E-state index < -0.39 is 13.5 Å². The van der Waals surface area contributed by atoms with Crippen LogP contribution in [-0.2, 0) is 9.59 Å². The molecule has 0 fully saturated rings. The Morgan fingerprint density at radius 3 is 2.27 bits per heavy atom. The van der Waals surface area contributed by atoms with Crippen LogP contribution < -0.4 is 0 Å². The van der Waals surface area contributed by atoms with E-state index in [0.29, 0.717) is 6.42 Å². The Balaban J connectivity index is 3.45. The van der Waals surface area contributed by atoms with E-state index in [9.17, 15) is 9.59 Å². The monoisotopic (exact) mass is 254 g/mol. The second-order valence-electron chi connectivity index (χ2n) is 2.17. The van der Waals surface area contributed by atoms with Crippen LogP contribution in [-0.4, -0.2) is 23.7 Å². The van der Waals surface area contributed by atoms with E-state index in [0.717, 1.165) is 0 Å². The molecule has 0 atom stereocenters. The molecule has 0 aliphatic rings. The van der Waals surface area contributed by atoms with E-state index in [1.165, 1.54) is 10.0 Å². The van der Waals surface area contributed by atoms with Crippen LogP contribution in [0.2, 0.25) is 11.4 Å². The third-order valence-electron chi connectivity index (χ3n) is 0.827. The topological polar surface area (TPSA) is 34.1 Å². The van der Waals surface area contributed by atoms with E-state index in [1.807, 2.05) is 0 Å².